The third-order valence-corrected chi connectivity index (χ3v) is 2.45. The van der Waals surface area contributed by atoms with E-state index in [4.69, 9.17) is 10.00 Å². The number of carbonyl (C=O) groups is 1. The number of amides is 1. The van der Waals surface area contributed by atoms with Crippen LogP contribution in [-0.2, 0) is 4.74 Å². The van der Waals surface area contributed by atoms with Crippen molar-refractivity contribution in [3.8, 4) is 6.07 Å². The third kappa shape index (κ3) is 3.38. The Labute approximate surface area is 96.6 Å². The van der Waals surface area contributed by atoms with Crippen molar-refractivity contribution < 1.29 is 9.53 Å². The molecule has 0 aromatic rings. The Morgan fingerprint density at radius 2 is 2.06 bits per heavy atom. The summed E-state index contributed by atoms with van der Waals surface area (Å²) in [6.45, 7) is 7.25. The molecule has 0 radical (unpaired) electrons. The first-order valence-corrected chi connectivity index (χ1v) is 5.41. The Morgan fingerprint density at radius 1 is 1.44 bits per heavy atom. The number of likely N-dealkylation sites (N-methyl/N-ethyl adjacent to an activating group) is 1. The summed E-state index contributed by atoms with van der Waals surface area (Å²) in [4.78, 5) is 15.3. The number of carbonyl (C=O) groups excluding carboxylic acids is 1. The van der Waals surface area contributed by atoms with E-state index < -0.39 is 5.60 Å². The maximum Gasteiger partial charge on any atom is 0.410 e. The lowest BCUT2D eigenvalue weighted by Gasteiger charge is -2.36. The molecule has 0 aliphatic carbocycles. The zero-order valence-electron chi connectivity index (χ0n) is 10.4. The minimum absolute atomic E-state index is 0.235. The highest BCUT2D eigenvalue weighted by molar-refractivity contribution is 5.68. The molecular formula is C11H19N3O2. The van der Waals surface area contributed by atoms with Crippen LogP contribution in [0.4, 0.5) is 4.79 Å². The fourth-order valence-electron chi connectivity index (χ4n) is 1.51. The summed E-state index contributed by atoms with van der Waals surface area (Å²) >= 11 is 0. The lowest BCUT2D eigenvalue weighted by molar-refractivity contribution is 0.0121. The van der Waals surface area contributed by atoms with E-state index in [1.54, 1.807) is 4.90 Å². The molecule has 1 atom stereocenters. The third-order valence-electron chi connectivity index (χ3n) is 2.45. The molecule has 0 saturated carbocycles. The molecule has 0 N–H and O–H groups in total. The highest BCUT2D eigenvalue weighted by atomic mass is 16.6. The van der Waals surface area contributed by atoms with E-state index in [0.29, 0.717) is 19.6 Å². The van der Waals surface area contributed by atoms with Crippen molar-refractivity contribution in [2.75, 3.05) is 26.7 Å². The van der Waals surface area contributed by atoms with Crippen molar-refractivity contribution >= 4 is 6.09 Å². The minimum atomic E-state index is -0.484. The number of nitriles is 1. The van der Waals surface area contributed by atoms with Gasteiger partial charge in [-0.3, -0.25) is 4.90 Å². The summed E-state index contributed by atoms with van der Waals surface area (Å²) in [5, 5.41) is 8.92. The van der Waals surface area contributed by atoms with E-state index in [-0.39, 0.29) is 12.1 Å². The van der Waals surface area contributed by atoms with Gasteiger partial charge in [-0.25, -0.2) is 4.79 Å². The van der Waals surface area contributed by atoms with Gasteiger partial charge in [0.15, 0.2) is 0 Å². The van der Waals surface area contributed by atoms with Crippen LogP contribution in [0.1, 0.15) is 20.8 Å². The fraction of sp³-hybridized carbons (Fsp3) is 0.818. The average molecular weight is 225 g/mol. The molecule has 90 valence electrons. The Kier molecular flexibility index (Phi) is 3.76. The second-order valence-electron chi connectivity index (χ2n) is 5.05. The summed E-state index contributed by atoms with van der Waals surface area (Å²) in [7, 11) is 1.89. The van der Waals surface area contributed by atoms with Crippen molar-refractivity contribution in [1.82, 2.24) is 9.80 Å². The summed E-state index contributed by atoms with van der Waals surface area (Å²) in [5.74, 6) is 0. The molecule has 16 heavy (non-hydrogen) atoms. The maximum absolute atomic E-state index is 11.8. The van der Waals surface area contributed by atoms with Gasteiger partial charge in [-0.2, -0.15) is 5.26 Å². The summed E-state index contributed by atoms with van der Waals surface area (Å²) < 4.78 is 5.26. The number of piperazine rings is 1. The summed E-state index contributed by atoms with van der Waals surface area (Å²) in [6.07, 6.45) is -0.333. The highest BCUT2D eigenvalue weighted by Gasteiger charge is 2.29. The lowest BCUT2D eigenvalue weighted by Crippen LogP contribution is -2.53. The van der Waals surface area contributed by atoms with Crippen LogP contribution < -0.4 is 0 Å². The zero-order valence-corrected chi connectivity index (χ0v) is 10.4. The highest BCUT2D eigenvalue weighted by Crippen LogP contribution is 2.13. The first-order valence-electron chi connectivity index (χ1n) is 5.41. The summed E-state index contributed by atoms with van der Waals surface area (Å²) in [5.41, 5.74) is -0.484. The van der Waals surface area contributed by atoms with Gasteiger partial charge in [0.2, 0.25) is 0 Å². The molecule has 0 spiro atoms. The van der Waals surface area contributed by atoms with Gasteiger partial charge in [0.25, 0.3) is 0 Å². The second kappa shape index (κ2) is 4.71. The van der Waals surface area contributed by atoms with E-state index in [1.165, 1.54) is 0 Å². The maximum atomic E-state index is 11.8. The molecule has 1 aliphatic rings. The fourth-order valence-corrected chi connectivity index (χ4v) is 1.51. The van der Waals surface area contributed by atoms with Crippen LogP contribution in [0.2, 0.25) is 0 Å². The molecule has 0 bridgehead atoms. The van der Waals surface area contributed by atoms with E-state index in [0.717, 1.165) is 0 Å². The molecule has 1 rings (SSSR count). The second-order valence-corrected chi connectivity index (χ2v) is 5.05. The molecular weight excluding hydrogens is 206 g/mol. The number of rotatable bonds is 0. The molecule has 1 aliphatic heterocycles. The number of ether oxygens (including phenoxy) is 1. The topological polar surface area (TPSA) is 56.6 Å². The molecule has 1 saturated heterocycles. The first kappa shape index (κ1) is 12.8. The average Bonchev–Trinajstić information content (AvgIpc) is 2.15. The van der Waals surface area contributed by atoms with Gasteiger partial charge in [0, 0.05) is 13.1 Å². The lowest BCUT2D eigenvalue weighted by atomic mass is 10.2. The van der Waals surface area contributed by atoms with Gasteiger partial charge < -0.3 is 9.64 Å². The Balaban J connectivity index is 2.56. The Hall–Kier alpha value is -1.28. The van der Waals surface area contributed by atoms with Crippen LogP contribution in [0.25, 0.3) is 0 Å². The van der Waals surface area contributed by atoms with Crippen molar-refractivity contribution in [3.05, 3.63) is 0 Å². The Morgan fingerprint density at radius 3 is 2.56 bits per heavy atom. The smallest absolute Gasteiger partial charge is 0.410 e. The largest absolute Gasteiger partial charge is 0.444 e. The predicted molar refractivity (Wildman–Crippen MR) is 59.8 cm³/mol. The van der Waals surface area contributed by atoms with Crippen LogP contribution in [0, 0.1) is 11.3 Å². The quantitative estimate of drug-likeness (QED) is 0.618. The normalized spacial score (nSPS) is 22.7. The van der Waals surface area contributed by atoms with Gasteiger partial charge in [-0.05, 0) is 27.8 Å². The van der Waals surface area contributed by atoms with Crippen LogP contribution >= 0.6 is 0 Å². The van der Waals surface area contributed by atoms with Gasteiger partial charge >= 0.3 is 6.09 Å². The first-order chi connectivity index (χ1) is 7.33. The molecule has 0 aromatic heterocycles. The van der Waals surface area contributed by atoms with E-state index >= 15 is 0 Å². The van der Waals surface area contributed by atoms with Crippen LogP contribution in [0.15, 0.2) is 0 Å². The van der Waals surface area contributed by atoms with Crippen LogP contribution in [0.3, 0.4) is 0 Å². The van der Waals surface area contributed by atoms with Crippen molar-refractivity contribution in [3.63, 3.8) is 0 Å². The van der Waals surface area contributed by atoms with E-state index in [2.05, 4.69) is 6.07 Å². The zero-order chi connectivity index (χ0) is 12.3. The molecule has 1 fully saturated rings. The monoisotopic (exact) mass is 225 g/mol. The van der Waals surface area contributed by atoms with Crippen molar-refractivity contribution in [1.29, 1.82) is 5.26 Å². The van der Waals surface area contributed by atoms with E-state index in [1.807, 2.05) is 32.7 Å². The Bertz CT molecular complexity index is 303. The van der Waals surface area contributed by atoms with Gasteiger partial charge in [0.1, 0.15) is 11.6 Å². The SMILES string of the molecule is CN1CCN(C(=O)OC(C)(C)C)C[C@@H]1C#N. The molecule has 1 heterocycles. The standard InChI is InChI=1S/C11H19N3O2/c1-11(2,3)16-10(15)14-6-5-13(4)9(7-12)8-14/h9H,5-6,8H2,1-4H3/t9-/m0/s1. The number of hydrogen-bond acceptors (Lipinski definition) is 4. The van der Waals surface area contributed by atoms with E-state index in [9.17, 15) is 4.79 Å². The number of hydrogen-bond donors (Lipinski definition) is 0. The number of nitrogens with zero attached hydrogens (tertiary/aromatic N) is 3. The van der Waals surface area contributed by atoms with Crippen LogP contribution in [0.5, 0.6) is 0 Å². The summed E-state index contributed by atoms with van der Waals surface area (Å²) in [6, 6.07) is 1.94. The minimum Gasteiger partial charge on any atom is -0.444 e. The predicted octanol–water partition coefficient (Wildman–Crippen LogP) is 1.06. The molecule has 5 nitrogen and oxygen atoms in total. The van der Waals surface area contributed by atoms with Crippen molar-refractivity contribution in [2.24, 2.45) is 0 Å². The van der Waals surface area contributed by atoms with Crippen molar-refractivity contribution in [2.45, 2.75) is 32.4 Å². The molecule has 5 heteroatoms. The molecule has 0 unspecified atom stereocenters. The van der Waals surface area contributed by atoms with Gasteiger partial charge in [-0.1, -0.05) is 0 Å². The van der Waals surface area contributed by atoms with Gasteiger partial charge in [-0.15, -0.1) is 0 Å². The van der Waals surface area contributed by atoms with Crippen LogP contribution in [-0.4, -0.2) is 54.2 Å². The molecule has 0 aromatic carbocycles. The molecule has 1 amide bonds. The van der Waals surface area contributed by atoms with Gasteiger partial charge in [0.05, 0.1) is 12.6 Å².